The third kappa shape index (κ3) is 2.66. The van der Waals surface area contributed by atoms with E-state index in [-0.39, 0.29) is 11.1 Å². The van der Waals surface area contributed by atoms with Crippen molar-refractivity contribution in [3.8, 4) is 0 Å². The molecule has 1 aliphatic rings. The molecule has 0 amide bonds. The summed E-state index contributed by atoms with van der Waals surface area (Å²) in [7, 11) is 0. The molecule has 128 valence electrons. The molecular formula is C18H11F3O4. The third-order valence-electron chi connectivity index (χ3n) is 4.12. The number of benzene rings is 2. The van der Waals surface area contributed by atoms with Crippen molar-refractivity contribution in [1.29, 1.82) is 0 Å². The standard InChI is InChI=1S/C18H11F3O4/c19-18(20,21)13-8-4-3-7-12(13)14(22)9-17(25)15(23)10-5-1-2-6-11(10)16(17)24/h1-8,25H,9H2. The van der Waals surface area contributed by atoms with Crippen LogP contribution in [0.5, 0.6) is 0 Å². The van der Waals surface area contributed by atoms with Crippen LogP contribution in [0.25, 0.3) is 0 Å². The van der Waals surface area contributed by atoms with Crippen molar-refractivity contribution in [1.82, 2.24) is 0 Å². The van der Waals surface area contributed by atoms with Crippen molar-refractivity contribution in [3.63, 3.8) is 0 Å². The van der Waals surface area contributed by atoms with Crippen LogP contribution < -0.4 is 0 Å². The molecule has 0 unspecified atom stereocenters. The van der Waals surface area contributed by atoms with Crippen LogP contribution in [0, 0.1) is 0 Å². The highest BCUT2D eigenvalue weighted by molar-refractivity contribution is 6.33. The molecule has 0 bridgehead atoms. The molecule has 0 heterocycles. The van der Waals surface area contributed by atoms with Crippen molar-refractivity contribution in [3.05, 3.63) is 70.8 Å². The number of aliphatic hydroxyl groups is 1. The highest BCUT2D eigenvalue weighted by Gasteiger charge is 2.53. The van der Waals surface area contributed by atoms with Crippen LogP contribution in [-0.4, -0.2) is 28.1 Å². The van der Waals surface area contributed by atoms with E-state index in [0.717, 1.165) is 18.2 Å². The van der Waals surface area contributed by atoms with Crippen molar-refractivity contribution in [2.75, 3.05) is 0 Å². The summed E-state index contributed by atoms with van der Waals surface area (Å²) < 4.78 is 39.1. The number of carbonyl (C=O) groups excluding carboxylic acids is 3. The summed E-state index contributed by atoms with van der Waals surface area (Å²) in [4.78, 5) is 37.0. The molecule has 0 saturated carbocycles. The molecule has 7 heteroatoms. The lowest BCUT2D eigenvalue weighted by Crippen LogP contribution is -2.43. The van der Waals surface area contributed by atoms with Gasteiger partial charge in [0.25, 0.3) is 0 Å². The number of rotatable bonds is 3. The summed E-state index contributed by atoms with van der Waals surface area (Å²) in [6.07, 6.45) is -5.83. The van der Waals surface area contributed by atoms with Crippen LogP contribution in [-0.2, 0) is 6.18 Å². The van der Waals surface area contributed by atoms with Crippen LogP contribution in [0.4, 0.5) is 13.2 Å². The second kappa shape index (κ2) is 5.63. The number of fused-ring (bicyclic) bond motifs is 1. The molecule has 0 aliphatic heterocycles. The van der Waals surface area contributed by atoms with E-state index in [0.29, 0.717) is 0 Å². The molecule has 1 N–H and O–H groups in total. The Balaban J connectivity index is 1.98. The van der Waals surface area contributed by atoms with Gasteiger partial charge in [-0.05, 0) is 6.07 Å². The molecular weight excluding hydrogens is 337 g/mol. The van der Waals surface area contributed by atoms with Crippen molar-refractivity contribution in [2.24, 2.45) is 0 Å². The number of carbonyl (C=O) groups is 3. The van der Waals surface area contributed by atoms with E-state index in [9.17, 15) is 32.7 Å². The van der Waals surface area contributed by atoms with Gasteiger partial charge in [-0.15, -0.1) is 0 Å². The average Bonchev–Trinajstić information content (AvgIpc) is 2.76. The summed E-state index contributed by atoms with van der Waals surface area (Å²) in [5.74, 6) is -3.10. The maximum absolute atomic E-state index is 13.0. The van der Waals surface area contributed by atoms with Crippen LogP contribution in [0.15, 0.2) is 48.5 Å². The van der Waals surface area contributed by atoms with Crippen molar-refractivity contribution < 1.29 is 32.7 Å². The summed E-state index contributed by atoms with van der Waals surface area (Å²) in [5.41, 5.74) is -4.66. The first kappa shape index (κ1) is 17.0. The number of Topliss-reactive ketones (excluding diaryl/α,β-unsaturated/α-hetero) is 3. The minimum atomic E-state index is -4.78. The second-order valence-corrected chi connectivity index (χ2v) is 5.71. The molecule has 3 rings (SSSR count). The molecule has 0 fully saturated rings. The van der Waals surface area contributed by atoms with E-state index in [1.807, 2.05) is 0 Å². The lowest BCUT2D eigenvalue weighted by atomic mass is 9.88. The van der Waals surface area contributed by atoms with Gasteiger partial charge in [-0.3, -0.25) is 14.4 Å². The maximum atomic E-state index is 13.0. The van der Waals surface area contributed by atoms with Gasteiger partial charge in [0.15, 0.2) is 11.4 Å². The van der Waals surface area contributed by atoms with Gasteiger partial charge in [0.2, 0.25) is 11.6 Å². The minimum Gasteiger partial charge on any atom is -0.374 e. The Kier molecular flexibility index (Phi) is 3.84. The van der Waals surface area contributed by atoms with Crippen LogP contribution in [0.3, 0.4) is 0 Å². The van der Waals surface area contributed by atoms with Crippen molar-refractivity contribution in [2.45, 2.75) is 18.2 Å². The Morgan fingerprint density at radius 1 is 0.920 bits per heavy atom. The molecule has 25 heavy (non-hydrogen) atoms. The summed E-state index contributed by atoms with van der Waals surface area (Å²) >= 11 is 0. The maximum Gasteiger partial charge on any atom is 0.417 e. The molecule has 1 aliphatic carbocycles. The molecule has 0 aromatic heterocycles. The summed E-state index contributed by atoms with van der Waals surface area (Å²) in [6, 6.07) is 9.64. The topological polar surface area (TPSA) is 71.4 Å². The number of hydrogen-bond donors (Lipinski definition) is 1. The van der Waals surface area contributed by atoms with E-state index >= 15 is 0 Å². The number of hydrogen-bond acceptors (Lipinski definition) is 4. The van der Waals surface area contributed by atoms with E-state index in [1.54, 1.807) is 0 Å². The van der Waals surface area contributed by atoms with E-state index in [4.69, 9.17) is 0 Å². The van der Waals surface area contributed by atoms with Gasteiger partial charge in [-0.25, -0.2) is 0 Å². The van der Waals surface area contributed by atoms with Gasteiger partial charge in [-0.2, -0.15) is 13.2 Å². The average molecular weight is 348 g/mol. The first-order chi connectivity index (χ1) is 11.7. The highest BCUT2D eigenvalue weighted by atomic mass is 19.4. The normalized spacial score (nSPS) is 16.0. The van der Waals surface area contributed by atoms with Gasteiger partial charge in [0, 0.05) is 16.7 Å². The number of alkyl halides is 3. The fourth-order valence-corrected chi connectivity index (χ4v) is 2.89. The zero-order valence-electron chi connectivity index (χ0n) is 12.6. The van der Waals surface area contributed by atoms with Crippen LogP contribution in [0.1, 0.15) is 43.1 Å². The summed E-state index contributed by atoms with van der Waals surface area (Å²) in [6.45, 7) is 0. The van der Waals surface area contributed by atoms with E-state index in [1.165, 1.54) is 30.3 Å². The fraction of sp³-hybridized carbons (Fsp3) is 0.167. The Morgan fingerprint density at radius 2 is 1.40 bits per heavy atom. The first-order valence-corrected chi connectivity index (χ1v) is 7.26. The Bertz CT molecular complexity index is 864. The lowest BCUT2D eigenvalue weighted by molar-refractivity contribution is -0.137. The predicted molar refractivity (Wildman–Crippen MR) is 80.4 cm³/mol. The van der Waals surface area contributed by atoms with Crippen LogP contribution >= 0.6 is 0 Å². The second-order valence-electron chi connectivity index (χ2n) is 5.71. The molecule has 0 radical (unpaired) electrons. The SMILES string of the molecule is O=C(CC1(O)C(=O)c2ccccc2C1=O)c1ccccc1C(F)(F)F. The van der Waals surface area contributed by atoms with Gasteiger partial charge < -0.3 is 5.11 Å². The fourth-order valence-electron chi connectivity index (χ4n) is 2.89. The molecule has 0 spiro atoms. The molecule has 4 nitrogen and oxygen atoms in total. The number of ketones is 3. The highest BCUT2D eigenvalue weighted by Crippen LogP contribution is 2.36. The third-order valence-corrected chi connectivity index (χ3v) is 4.12. The predicted octanol–water partition coefficient (Wildman–Crippen LogP) is 3.09. The zero-order chi connectivity index (χ0) is 18.4. The summed E-state index contributed by atoms with van der Waals surface area (Å²) in [5, 5.41) is 10.5. The number of halogens is 3. The Hall–Kier alpha value is -2.80. The minimum absolute atomic E-state index is 0.0492. The van der Waals surface area contributed by atoms with Crippen molar-refractivity contribution >= 4 is 17.3 Å². The zero-order valence-corrected chi connectivity index (χ0v) is 12.6. The monoisotopic (exact) mass is 348 g/mol. The smallest absolute Gasteiger partial charge is 0.374 e. The van der Waals surface area contributed by atoms with E-state index in [2.05, 4.69) is 0 Å². The largest absolute Gasteiger partial charge is 0.417 e. The van der Waals surface area contributed by atoms with Crippen LogP contribution in [0.2, 0.25) is 0 Å². The van der Waals surface area contributed by atoms with Gasteiger partial charge in [0.05, 0.1) is 12.0 Å². The lowest BCUT2D eigenvalue weighted by Gasteiger charge is -2.19. The quantitative estimate of drug-likeness (QED) is 0.683. The molecule has 0 saturated heterocycles. The van der Waals surface area contributed by atoms with Gasteiger partial charge in [0.1, 0.15) is 0 Å². The molecule has 2 aromatic carbocycles. The molecule has 0 atom stereocenters. The van der Waals surface area contributed by atoms with Gasteiger partial charge >= 0.3 is 6.18 Å². The Labute approximate surface area is 139 Å². The van der Waals surface area contributed by atoms with E-state index < -0.39 is 46.7 Å². The Morgan fingerprint density at radius 3 is 1.92 bits per heavy atom. The van der Waals surface area contributed by atoms with Gasteiger partial charge in [-0.1, -0.05) is 42.5 Å². The molecule has 2 aromatic rings. The first-order valence-electron chi connectivity index (χ1n) is 7.26.